The van der Waals surface area contributed by atoms with Gasteiger partial charge in [0.25, 0.3) is 0 Å². The highest BCUT2D eigenvalue weighted by Gasteiger charge is 2.31. The van der Waals surface area contributed by atoms with Crippen molar-refractivity contribution in [2.24, 2.45) is 11.1 Å². The van der Waals surface area contributed by atoms with E-state index in [1.807, 2.05) is 20.8 Å². The average Bonchev–Trinajstić information content (AvgIpc) is 2.31. The summed E-state index contributed by atoms with van der Waals surface area (Å²) in [6, 6.07) is 0. The zero-order valence-electron chi connectivity index (χ0n) is 11.7. The number of rotatable bonds is 8. The van der Waals surface area contributed by atoms with Crippen LogP contribution in [0.4, 0.5) is 0 Å². The van der Waals surface area contributed by atoms with Crippen LogP contribution in [0.5, 0.6) is 0 Å². The summed E-state index contributed by atoms with van der Waals surface area (Å²) in [6.45, 7) is 8.40. The van der Waals surface area contributed by atoms with Crippen LogP contribution in [0.2, 0.25) is 0 Å². The van der Waals surface area contributed by atoms with Crippen LogP contribution in [0.3, 0.4) is 0 Å². The Labute approximate surface area is 105 Å². The van der Waals surface area contributed by atoms with Gasteiger partial charge in [-0.3, -0.25) is 4.79 Å². The maximum atomic E-state index is 11.9. The molecule has 4 N–H and O–H groups in total. The third kappa shape index (κ3) is 4.64. The summed E-state index contributed by atoms with van der Waals surface area (Å²) in [5, 5.41) is 12.3. The molecular weight excluding hydrogens is 216 g/mol. The van der Waals surface area contributed by atoms with Crippen LogP contribution in [0.25, 0.3) is 0 Å². The van der Waals surface area contributed by atoms with Gasteiger partial charge >= 0.3 is 0 Å². The second kappa shape index (κ2) is 6.97. The Kier molecular flexibility index (Phi) is 6.72. The number of amides is 1. The van der Waals surface area contributed by atoms with Gasteiger partial charge < -0.3 is 16.2 Å². The Morgan fingerprint density at radius 3 is 2.18 bits per heavy atom. The normalized spacial score (nSPS) is 15.4. The van der Waals surface area contributed by atoms with E-state index in [1.54, 1.807) is 6.92 Å². The highest BCUT2D eigenvalue weighted by atomic mass is 16.3. The second-order valence-corrected chi connectivity index (χ2v) is 5.22. The molecular formula is C13H28N2O2. The third-order valence-corrected chi connectivity index (χ3v) is 3.75. The van der Waals surface area contributed by atoms with Crippen molar-refractivity contribution in [3.8, 4) is 0 Å². The predicted molar refractivity (Wildman–Crippen MR) is 70.6 cm³/mol. The Bertz CT molecular complexity index is 227. The van der Waals surface area contributed by atoms with Crippen LogP contribution < -0.4 is 11.1 Å². The lowest BCUT2D eigenvalue weighted by atomic mass is 9.83. The summed E-state index contributed by atoms with van der Waals surface area (Å²) >= 11 is 0. The van der Waals surface area contributed by atoms with Gasteiger partial charge in [0.15, 0.2) is 0 Å². The molecule has 0 aromatic carbocycles. The molecule has 1 unspecified atom stereocenters. The van der Waals surface area contributed by atoms with E-state index in [1.165, 1.54) is 0 Å². The number of carbonyl (C=O) groups is 1. The topological polar surface area (TPSA) is 75.4 Å². The summed E-state index contributed by atoms with van der Waals surface area (Å²) in [5.41, 5.74) is 4.93. The first-order valence-corrected chi connectivity index (χ1v) is 6.55. The Balaban J connectivity index is 4.40. The molecule has 17 heavy (non-hydrogen) atoms. The molecule has 0 aromatic heterocycles. The van der Waals surface area contributed by atoms with E-state index >= 15 is 0 Å². The quantitative estimate of drug-likeness (QED) is 0.604. The first kappa shape index (κ1) is 16.4. The molecule has 0 heterocycles. The number of carbonyl (C=O) groups excluding carboxylic acids is 1. The molecule has 0 aliphatic rings. The lowest BCUT2D eigenvalue weighted by Gasteiger charge is -2.31. The van der Waals surface area contributed by atoms with Crippen molar-refractivity contribution in [1.29, 1.82) is 0 Å². The largest absolute Gasteiger partial charge is 0.396 e. The zero-order chi connectivity index (χ0) is 13.5. The smallest absolute Gasteiger partial charge is 0.239 e. The minimum Gasteiger partial charge on any atom is -0.396 e. The van der Waals surface area contributed by atoms with Gasteiger partial charge in [0.1, 0.15) is 0 Å². The summed E-state index contributed by atoms with van der Waals surface area (Å²) in [7, 11) is 0. The van der Waals surface area contributed by atoms with E-state index in [9.17, 15) is 9.90 Å². The van der Waals surface area contributed by atoms with Crippen molar-refractivity contribution >= 4 is 5.91 Å². The zero-order valence-corrected chi connectivity index (χ0v) is 11.7. The summed E-state index contributed by atoms with van der Waals surface area (Å²) in [6.07, 6.45) is 3.24. The Morgan fingerprint density at radius 2 is 1.82 bits per heavy atom. The average molecular weight is 244 g/mol. The Morgan fingerprint density at radius 1 is 1.29 bits per heavy atom. The van der Waals surface area contributed by atoms with E-state index in [0.29, 0.717) is 13.0 Å². The Hall–Kier alpha value is -0.610. The third-order valence-electron chi connectivity index (χ3n) is 3.75. The lowest BCUT2D eigenvalue weighted by molar-refractivity contribution is -0.126. The summed E-state index contributed by atoms with van der Waals surface area (Å²) in [5.74, 6) is -0.126. The van der Waals surface area contributed by atoms with Crippen molar-refractivity contribution < 1.29 is 9.90 Å². The van der Waals surface area contributed by atoms with Crippen LogP contribution in [-0.4, -0.2) is 29.7 Å². The van der Waals surface area contributed by atoms with Gasteiger partial charge in [0.2, 0.25) is 5.91 Å². The fourth-order valence-corrected chi connectivity index (χ4v) is 1.88. The molecule has 4 nitrogen and oxygen atoms in total. The van der Waals surface area contributed by atoms with Gasteiger partial charge in [-0.05, 0) is 26.2 Å². The van der Waals surface area contributed by atoms with Crippen molar-refractivity contribution in [2.45, 2.75) is 58.9 Å². The van der Waals surface area contributed by atoms with Crippen molar-refractivity contribution in [3.05, 3.63) is 0 Å². The standard InChI is InChI=1S/C13H28N2O2/c1-5-8-12(4,14)11(17)15-9-13(6-2,7-3)10-16/h16H,5-10,14H2,1-4H3,(H,15,17). The molecule has 0 fully saturated rings. The van der Waals surface area contributed by atoms with Gasteiger partial charge in [-0.1, -0.05) is 27.2 Å². The highest BCUT2D eigenvalue weighted by Crippen LogP contribution is 2.24. The number of hydrogen-bond donors (Lipinski definition) is 3. The molecule has 0 bridgehead atoms. The monoisotopic (exact) mass is 244 g/mol. The fraction of sp³-hybridized carbons (Fsp3) is 0.923. The van der Waals surface area contributed by atoms with Crippen LogP contribution in [0.1, 0.15) is 53.4 Å². The molecule has 1 amide bonds. The van der Waals surface area contributed by atoms with Crippen molar-refractivity contribution in [2.75, 3.05) is 13.2 Å². The molecule has 0 aliphatic heterocycles. The number of hydrogen-bond acceptors (Lipinski definition) is 3. The van der Waals surface area contributed by atoms with Crippen LogP contribution >= 0.6 is 0 Å². The summed E-state index contributed by atoms with van der Waals surface area (Å²) in [4.78, 5) is 11.9. The maximum Gasteiger partial charge on any atom is 0.239 e. The molecule has 0 saturated heterocycles. The molecule has 4 heteroatoms. The minimum atomic E-state index is -0.808. The van der Waals surface area contributed by atoms with Crippen LogP contribution in [0, 0.1) is 5.41 Å². The highest BCUT2D eigenvalue weighted by molar-refractivity contribution is 5.85. The number of nitrogens with one attached hydrogen (secondary N) is 1. The second-order valence-electron chi connectivity index (χ2n) is 5.22. The molecule has 0 saturated carbocycles. The van der Waals surface area contributed by atoms with Gasteiger partial charge in [-0.2, -0.15) is 0 Å². The van der Waals surface area contributed by atoms with Gasteiger partial charge in [-0.15, -0.1) is 0 Å². The van der Waals surface area contributed by atoms with Crippen LogP contribution in [-0.2, 0) is 4.79 Å². The molecule has 0 spiro atoms. The van der Waals surface area contributed by atoms with Crippen LogP contribution in [0.15, 0.2) is 0 Å². The first-order valence-electron chi connectivity index (χ1n) is 6.55. The van der Waals surface area contributed by atoms with Gasteiger partial charge in [0, 0.05) is 12.0 Å². The number of nitrogens with two attached hydrogens (primary N) is 1. The SMILES string of the molecule is CCCC(C)(N)C(=O)NCC(CC)(CC)CO. The molecule has 102 valence electrons. The lowest BCUT2D eigenvalue weighted by Crippen LogP contribution is -2.53. The number of aliphatic hydroxyl groups excluding tert-OH is 1. The van der Waals surface area contributed by atoms with E-state index in [-0.39, 0.29) is 17.9 Å². The van der Waals surface area contributed by atoms with E-state index in [4.69, 9.17) is 5.73 Å². The van der Waals surface area contributed by atoms with E-state index in [0.717, 1.165) is 19.3 Å². The van der Waals surface area contributed by atoms with Crippen molar-refractivity contribution in [1.82, 2.24) is 5.32 Å². The first-order chi connectivity index (χ1) is 7.87. The minimum absolute atomic E-state index is 0.0926. The molecule has 0 aromatic rings. The molecule has 0 aliphatic carbocycles. The molecule has 1 atom stereocenters. The van der Waals surface area contributed by atoms with E-state index < -0.39 is 5.54 Å². The van der Waals surface area contributed by atoms with E-state index in [2.05, 4.69) is 5.32 Å². The predicted octanol–water partition coefficient (Wildman–Crippen LogP) is 1.42. The summed E-state index contributed by atoms with van der Waals surface area (Å²) < 4.78 is 0. The fourth-order valence-electron chi connectivity index (χ4n) is 1.88. The molecule has 0 rings (SSSR count). The maximum absolute atomic E-state index is 11.9. The van der Waals surface area contributed by atoms with Gasteiger partial charge in [0.05, 0.1) is 12.1 Å². The van der Waals surface area contributed by atoms with Crippen molar-refractivity contribution in [3.63, 3.8) is 0 Å². The van der Waals surface area contributed by atoms with Gasteiger partial charge in [-0.25, -0.2) is 0 Å². The molecule has 0 radical (unpaired) electrons. The number of aliphatic hydroxyl groups is 1.